The van der Waals surface area contributed by atoms with Gasteiger partial charge in [-0.05, 0) is 17.6 Å². The fourth-order valence-electron chi connectivity index (χ4n) is 1.74. The molecular formula is C9H12B3NO2. The summed E-state index contributed by atoms with van der Waals surface area (Å²) in [7, 11) is 17.1. The molecule has 0 aromatic rings. The summed E-state index contributed by atoms with van der Waals surface area (Å²) in [5, 5.41) is -0.601. The minimum absolute atomic E-state index is 0.0281. The van der Waals surface area contributed by atoms with Crippen LogP contribution in [0.25, 0.3) is 0 Å². The van der Waals surface area contributed by atoms with Gasteiger partial charge in [0.2, 0.25) is 11.8 Å². The van der Waals surface area contributed by atoms with E-state index in [9.17, 15) is 9.59 Å². The van der Waals surface area contributed by atoms with Crippen molar-refractivity contribution >= 4 is 35.4 Å². The summed E-state index contributed by atoms with van der Waals surface area (Å²) in [5.41, 5.74) is 0. The first-order valence-electron chi connectivity index (χ1n) is 4.96. The van der Waals surface area contributed by atoms with Crippen LogP contribution in [0.5, 0.6) is 0 Å². The molecule has 6 heteroatoms. The van der Waals surface area contributed by atoms with Gasteiger partial charge in [0.1, 0.15) is 0 Å². The van der Waals surface area contributed by atoms with Gasteiger partial charge in [0.25, 0.3) is 0 Å². The zero-order valence-electron chi connectivity index (χ0n) is 9.04. The highest BCUT2D eigenvalue weighted by Crippen LogP contribution is 2.48. The van der Waals surface area contributed by atoms with Gasteiger partial charge in [-0.3, -0.25) is 14.9 Å². The van der Waals surface area contributed by atoms with E-state index in [1.807, 2.05) is 13.8 Å². The van der Waals surface area contributed by atoms with Crippen molar-refractivity contribution in [2.45, 2.75) is 37.2 Å². The molecule has 2 amide bonds. The largest absolute Gasteiger partial charge is 0.297 e. The summed E-state index contributed by atoms with van der Waals surface area (Å²) in [6.45, 7) is 3.75. The van der Waals surface area contributed by atoms with Crippen molar-refractivity contribution < 1.29 is 9.59 Å². The summed E-state index contributed by atoms with van der Waals surface area (Å²) in [4.78, 5) is 22.9. The second kappa shape index (κ2) is 3.73. The van der Waals surface area contributed by atoms with Gasteiger partial charge in [0.05, 0.1) is 23.5 Å². The third-order valence-corrected chi connectivity index (χ3v) is 3.15. The van der Waals surface area contributed by atoms with Crippen molar-refractivity contribution in [2.24, 2.45) is 5.92 Å². The quantitative estimate of drug-likeness (QED) is 0.496. The van der Waals surface area contributed by atoms with E-state index >= 15 is 0 Å². The average Bonchev–Trinajstić information content (AvgIpc) is 2.13. The van der Waals surface area contributed by atoms with Crippen LogP contribution in [0, 0.1) is 5.92 Å². The lowest BCUT2D eigenvalue weighted by Gasteiger charge is -2.45. The number of rotatable bonds is 2. The maximum absolute atomic E-state index is 11.6. The number of amides is 2. The number of hydrogen-bond donors (Lipinski definition) is 1. The Kier molecular flexibility index (Phi) is 3.08. The second-order valence-corrected chi connectivity index (χ2v) is 4.35. The third kappa shape index (κ3) is 1.99. The predicted octanol–water partition coefficient (Wildman–Crippen LogP) is -0.141. The van der Waals surface area contributed by atoms with Crippen LogP contribution < -0.4 is 5.32 Å². The van der Waals surface area contributed by atoms with Gasteiger partial charge in [-0.2, -0.15) is 0 Å². The van der Waals surface area contributed by atoms with Gasteiger partial charge in [-0.1, -0.05) is 20.3 Å². The first kappa shape index (κ1) is 12.4. The first-order chi connectivity index (χ1) is 6.74. The maximum Gasteiger partial charge on any atom is 0.224 e. The zero-order chi connectivity index (χ0) is 11.9. The van der Waals surface area contributed by atoms with E-state index in [0.717, 1.165) is 0 Å². The topological polar surface area (TPSA) is 46.2 Å². The van der Waals surface area contributed by atoms with E-state index in [1.54, 1.807) is 0 Å². The molecule has 2 atom stereocenters. The normalized spacial score (nSPS) is 32.1. The molecule has 0 spiro atoms. The Morgan fingerprint density at radius 1 is 1.33 bits per heavy atom. The van der Waals surface area contributed by atoms with E-state index in [-0.39, 0.29) is 12.3 Å². The van der Waals surface area contributed by atoms with Crippen molar-refractivity contribution in [1.29, 1.82) is 0 Å². The number of carbonyl (C=O) groups excluding carboxylic acids is 2. The molecule has 15 heavy (non-hydrogen) atoms. The van der Waals surface area contributed by atoms with Gasteiger partial charge in [-0.25, -0.2) is 0 Å². The molecular weight excluding hydrogens is 187 g/mol. The summed E-state index contributed by atoms with van der Waals surface area (Å²) in [6, 6.07) is 0. The average molecular weight is 199 g/mol. The lowest BCUT2D eigenvalue weighted by Crippen LogP contribution is -2.54. The predicted molar refractivity (Wildman–Crippen MR) is 59.9 cm³/mol. The van der Waals surface area contributed by atoms with Crippen LogP contribution in [0.4, 0.5) is 0 Å². The molecule has 6 radical (unpaired) electrons. The van der Waals surface area contributed by atoms with Crippen molar-refractivity contribution in [2.75, 3.05) is 0 Å². The molecule has 1 heterocycles. The molecule has 1 saturated heterocycles. The Bertz CT molecular complexity index is 306. The van der Waals surface area contributed by atoms with Crippen molar-refractivity contribution in [3.63, 3.8) is 0 Å². The zero-order valence-corrected chi connectivity index (χ0v) is 9.04. The number of imide groups is 1. The Labute approximate surface area is 94.0 Å². The van der Waals surface area contributed by atoms with E-state index in [4.69, 9.17) is 23.5 Å². The Morgan fingerprint density at radius 3 is 2.33 bits per heavy atom. The number of nitrogens with one attached hydrogen (secondary N) is 1. The van der Waals surface area contributed by atoms with Crippen LogP contribution in [-0.2, 0) is 9.59 Å². The molecule has 0 aromatic carbocycles. The minimum atomic E-state index is -1.56. The minimum Gasteiger partial charge on any atom is -0.297 e. The summed E-state index contributed by atoms with van der Waals surface area (Å²) < 4.78 is 0. The monoisotopic (exact) mass is 199 g/mol. The maximum atomic E-state index is 11.6. The molecule has 1 aliphatic heterocycles. The van der Waals surface area contributed by atoms with E-state index < -0.39 is 22.3 Å². The molecule has 1 rings (SSSR count). The molecule has 0 bridgehead atoms. The van der Waals surface area contributed by atoms with Gasteiger partial charge in [0, 0.05) is 5.31 Å². The fourth-order valence-corrected chi connectivity index (χ4v) is 1.74. The van der Waals surface area contributed by atoms with Crippen LogP contribution in [0.2, 0.25) is 10.5 Å². The molecule has 3 nitrogen and oxygen atoms in total. The van der Waals surface area contributed by atoms with Gasteiger partial charge in [-0.15, -0.1) is 0 Å². The molecule has 1 fully saturated rings. The van der Waals surface area contributed by atoms with Gasteiger partial charge < -0.3 is 0 Å². The summed E-state index contributed by atoms with van der Waals surface area (Å²) in [6.07, 6.45) is 0.688. The van der Waals surface area contributed by atoms with Gasteiger partial charge >= 0.3 is 0 Å². The lowest BCUT2D eigenvalue weighted by atomic mass is 9.41. The Balaban J connectivity index is 3.01. The smallest absolute Gasteiger partial charge is 0.224 e. The lowest BCUT2D eigenvalue weighted by molar-refractivity contribution is -0.137. The highest BCUT2D eigenvalue weighted by atomic mass is 16.2. The van der Waals surface area contributed by atoms with Crippen LogP contribution in [-0.4, -0.2) is 35.4 Å². The fraction of sp³-hybridized carbons (Fsp3) is 0.778. The Morgan fingerprint density at radius 2 is 1.87 bits per heavy atom. The second-order valence-electron chi connectivity index (χ2n) is 4.35. The molecule has 1 N–H and O–H groups in total. The van der Waals surface area contributed by atoms with E-state index in [1.165, 1.54) is 0 Å². The molecule has 1 aliphatic rings. The van der Waals surface area contributed by atoms with Crippen molar-refractivity contribution in [3.8, 4) is 0 Å². The SMILES string of the molecule is [B]C1([B])CC([B])(C(C)CC)C(=O)NC1=O. The standard InChI is InChI=1S/C9H12B3NO2/c1-3-5(2)8(10)4-9(11,12)7(15)13-6(8)14/h5H,3-4H2,1-2H3,(H,13,14,15). The van der Waals surface area contributed by atoms with Crippen LogP contribution in [0.1, 0.15) is 26.7 Å². The first-order valence-corrected chi connectivity index (χ1v) is 4.96. The molecule has 74 valence electrons. The van der Waals surface area contributed by atoms with Crippen LogP contribution in [0.3, 0.4) is 0 Å². The van der Waals surface area contributed by atoms with Crippen LogP contribution in [0.15, 0.2) is 0 Å². The van der Waals surface area contributed by atoms with Gasteiger partial charge in [0.15, 0.2) is 0 Å². The number of carbonyl (C=O) groups is 2. The van der Waals surface area contributed by atoms with Crippen molar-refractivity contribution in [3.05, 3.63) is 0 Å². The molecule has 0 saturated carbocycles. The Hall–Kier alpha value is -0.665. The summed E-state index contributed by atoms with van der Waals surface area (Å²) in [5.74, 6) is -1.25. The van der Waals surface area contributed by atoms with Crippen LogP contribution >= 0.6 is 0 Å². The highest BCUT2D eigenvalue weighted by molar-refractivity contribution is 6.53. The molecule has 0 aliphatic carbocycles. The molecule has 0 aromatic heterocycles. The number of hydrogen-bond acceptors (Lipinski definition) is 2. The van der Waals surface area contributed by atoms with E-state index in [2.05, 4.69) is 5.32 Å². The summed E-state index contributed by atoms with van der Waals surface area (Å²) >= 11 is 0. The van der Waals surface area contributed by atoms with Crippen molar-refractivity contribution in [1.82, 2.24) is 5.32 Å². The number of piperidine rings is 1. The highest BCUT2D eigenvalue weighted by Gasteiger charge is 2.48. The third-order valence-electron chi connectivity index (χ3n) is 3.15. The van der Waals surface area contributed by atoms with E-state index in [0.29, 0.717) is 6.42 Å². The molecule has 2 unspecified atom stereocenters.